The Balaban J connectivity index is 1.47. The van der Waals surface area contributed by atoms with E-state index in [2.05, 4.69) is 30.4 Å². The van der Waals surface area contributed by atoms with Crippen molar-refractivity contribution in [2.24, 2.45) is 5.92 Å². The standard InChI is InChI=1S/C21H26N8O/c22-21-23-9-15(10-24-21)17-12-29-18-13-27(11-14-1-2-14)4-3-16(18)25-20(29)19(26-17)28-5-7-30-8-6-28/h9-10,12,14H,1-8,11,13H2,(H2,22,23,24). The van der Waals surface area contributed by atoms with Crippen molar-refractivity contribution in [1.82, 2.24) is 29.2 Å². The number of aromatic nitrogens is 5. The zero-order chi connectivity index (χ0) is 20.1. The smallest absolute Gasteiger partial charge is 0.219 e. The number of anilines is 2. The van der Waals surface area contributed by atoms with Crippen molar-refractivity contribution in [2.45, 2.75) is 25.8 Å². The number of imidazole rings is 1. The van der Waals surface area contributed by atoms with Gasteiger partial charge in [-0.3, -0.25) is 9.30 Å². The summed E-state index contributed by atoms with van der Waals surface area (Å²) in [5.74, 6) is 2.07. The first-order valence-electron chi connectivity index (χ1n) is 10.8. The summed E-state index contributed by atoms with van der Waals surface area (Å²) in [6.07, 6.45) is 9.31. The minimum absolute atomic E-state index is 0.268. The molecule has 0 unspecified atom stereocenters. The van der Waals surface area contributed by atoms with E-state index in [-0.39, 0.29) is 5.95 Å². The molecule has 30 heavy (non-hydrogen) atoms. The van der Waals surface area contributed by atoms with Gasteiger partial charge in [0, 0.05) is 63.3 Å². The van der Waals surface area contributed by atoms with Gasteiger partial charge in [-0.1, -0.05) is 0 Å². The van der Waals surface area contributed by atoms with Crippen LogP contribution in [0.5, 0.6) is 0 Å². The van der Waals surface area contributed by atoms with Crippen molar-refractivity contribution in [2.75, 3.05) is 50.0 Å². The molecule has 3 aliphatic rings. The molecular formula is C21H26N8O. The molecule has 156 valence electrons. The Bertz CT molecular complexity index is 1070. The van der Waals surface area contributed by atoms with Crippen LogP contribution in [-0.2, 0) is 17.7 Å². The van der Waals surface area contributed by atoms with E-state index >= 15 is 0 Å². The highest BCUT2D eigenvalue weighted by atomic mass is 16.5. The van der Waals surface area contributed by atoms with E-state index in [1.54, 1.807) is 12.4 Å². The summed E-state index contributed by atoms with van der Waals surface area (Å²) in [5.41, 5.74) is 10.8. The van der Waals surface area contributed by atoms with Gasteiger partial charge in [-0.05, 0) is 18.8 Å². The maximum absolute atomic E-state index is 5.69. The first kappa shape index (κ1) is 18.0. The molecule has 1 saturated carbocycles. The topological polar surface area (TPSA) is 97.7 Å². The van der Waals surface area contributed by atoms with Gasteiger partial charge in [0.15, 0.2) is 11.5 Å². The maximum Gasteiger partial charge on any atom is 0.219 e. The average molecular weight is 406 g/mol. The number of nitrogens with two attached hydrogens (primary N) is 1. The highest BCUT2D eigenvalue weighted by Crippen LogP contribution is 2.33. The molecule has 1 aliphatic carbocycles. The third kappa shape index (κ3) is 3.27. The van der Waals surface area contributed by atoms with Gasteiger partial charge in [0.1, 0.15) is 0 Å². The number of fused-ring (bicyclic) bond motifs is 3. The summed E-state index contributed by atoms with van der Waals surface area (Å²) in [6.45, 7) is 6.28. The molecule has 0 spiro atoms. The van der Waals surface area contributed by atoms with E-state index in [1.165, 1.54) is 30.8 Å². The monoisotopic (exact) mass is 406 g/mol. The molecule has 0 atom stereocenters. The Morgan fingerprint density at radius 3 is 2.63 bits per heavy atom. The summed E-state index contributed by atoms with van der Waals surface area (Å²) in [7, 11) is 0. The second-order valence-corrected chi connectivity index (χ2v) is 8.51. The SMILES string of the molecule is Nc1ncc(-c2cn3c4c(nc3c(N3CCOCC3)n2)CCN(CC2CC2)C4)cn1. The van der Waals surface area contributed by atoms with Gasteiger partial charge in [-0.2, -0.15) is 0 Å². The largest absolute Gasteiger partial charge is 0.378 e. The number of morpholine rings is 1. The van der Waals surface area contributed by atoms with Gasteiger partial charge in [0.05, 0.1) is 30.3 Å². The third-order valence-corrected chi connectivity index (χ3v) is 6.30. The molecule has 9 heteroatoms. The lowest BCUT2D eigenvalue weighted by Crippen LogP contribution is -2.37. The molecular weight excluding hydrogens is 380 g/mol. The molecule has 0 aromatic carbocycles. The quantitative estimate of drug-likeness (QED) is 0.694. The number of rotatable bonds is 4. The minimum atomic E-state index is 0.268. The van der Waals surface area contributed by atoms with Crippen molar-refractivity contribution in [3.63, 3.8) is 0 Å². The summed E-state index contributed by atoms with van der Waals surface area (Å²) in [4.78, 5) is 23.2. The Labute approximate surface area is 174 Å². The van der Waals surface area contributed by atoms with Crippen LogP contribution >= 0.6 is 0 Å². The molecule has 0 bridgehead atoms. The van der Waals surface area contributed by atoms with Crippen molar-refractivity contribution < 1.29 is 4.74 Å². The lowest BCUT2D eigenvalue weighted by Gasteiger charge is -2.28. The average Bonchev–Trinajstić information content (AvgIpc) is 3.52. The van der Waals surface area contributed by atoms with E-state index in [1.807, 2.05) is 0 Å². The molecule has 2 fully saturated rings. The molecule has 9 nitrogen and oxygen atoms in total. The Morgan fingerprint density at radius 2 is 1.87 bits per heavy atom. The zero-order valence-electron chi connectivity index (χ0n) is 17.0. The van der Waals surface area contributed by atoms with E-state index < -0.39 is 0 Å². The summed E-state index contributed by atoms with van der Waals surface area (Å²) in [5, 5.41) is 0. The van der Waals surface area contributed by atoms with Crippen LogP contribution in [0.3, 0.4) is 0 Å². The summed E-state index contributed by atoms with van der Waals surface area (Å²) in [6, 6.07) is 0. The van der Waals surface area contributed by atoms with E-state index in [9.17, 15) is 0 Å². The molecule has 6 rings (SSSR count). The van der Waals surface area contributed by atoms with Gasteiger partial charge in [0.25, 0.3) is 0 Å². The van der Waals surface area contributed by atoms with Gasteiger partial charge in [-0.15, -0.1) is 0 Å². The first-order valence-corrected chi connectivity index (χ1v) is 10.8. The van der Waals surface area contributed by atoms with Crippen molar-refractivity contribution >= 4 is 17.4 Å². The van der Waals surface area contributed by atoms with Crippen LogP contribution in [0.2, 0.25) is 0 Å². The molecule has 3 aromatic rings. The Kier molecular flexibility index (Phi) is 4.31. The predicted molar refractivity (Wildman–Crippen MR) is 113 cm³/mol. The Morgan fingerprint density at radius 1 is 1.07 bits per heavy atom. The van der Waals surface area contributed by atoms with Gasteiger partial charge >= 0.3 is 0 Å². The fraction of sp³-hybridized carbons (Fsp3) is 0.524. The fourth-order valence-corrected chi connectivity index (χ4v) is 4.47. The highest BCUT2D eigenvalue weighted by molar-refractivity contribution is 5.71. The predicted octanol–water partition coefficient (Wildman–Crippen LogP) is 1.37. The number of ether oxygens (including phenoxy) is 1. The molecule has 2 N–H and O–H groups in total. The van der Waals surface area contributed by atoms with Crippen LogP contribution in [0.15, 0.2) is 18.6 Å². The second-order valence-electron chi connectivity index (χ2n) is 8.51. The van der Waals surface area contributed by atoms with Crippen molar-refractivity contribution in [1.29, 1.82) is 0 Å². The van der Waals surface area contributed by atoms with Crippen LogP contribution in [0.1, 0.15) is 24.2 Å². The van der Waals surface area contributed by atoms with E-state index in [0.29, 0.717) is 13.2 Å². The minimum Gasteiger partial charge on any atom is -0.378 e. The normalized spacial score (nSPS) is 19.9. The van der Waals surface area contributed by atoms with E-state index in [4.69, 9.17) is 20.4 Å². The van der Waals surface area contributed by atoms with E-state index in [0.717, 1.165) is 61.2 Å². The summed E-state index contributed by atoms with van der Waals surface area (Å²) < 4.78 is 7.81. The molecule has 1 saturated heterocycles. The van der Waals surface area contributed by atoms with Crippen molar-refractivity contribution in [3.8, 4) is 11.3 Å². The molecule has 3 aromatic heterocycles. The number of nitrogens with zero attached hydrogens (tertiary/aromatic N) is 7. The lowest BCUT2D eigenvalue weighted by molar-refractivity contribution is 0.122. The third-order valence-electron chi connectivity index (χ3n) is 6.30. The van der Waals surface area contributed by atoms with Gasteiger partial charge in [-0.25, -0.2) is 19.9 Å². The van der Waals surface area contributed by atoms with Crippen LogP contribution < -0.4 is 10.6 Å². The fourth-order valence-electron chi connectivity index (χ4n) is 4.47. The van der Waals surface area contributed by atoms with Crippen LogP contribution in [-0.4, -0.2) is 68.6 Å². The van der Waals surface area contributed by atoms with Crippen LogP contribution in [0.25, 0.3) is 16.9 Å². The lowest BCUT2D eigenvalue weighted by atomic mass is 10.1. The second kappa shape index (κ2) is 7.17. The zero-order valence-corrected chi connectivity index (χ0v) is 17.0. The Hall–Kier alpha value is -2.78. The molecule has 0 amide bonds. The van der Waals surface area contributed by atoms with Gasteiger partial charge in [0.2, 0.25) is 5.95 Å². The van der Waals surface area contributed by atoms with Crippen molar-refractivity contribution in [3.05, 3.63) is 30.0 Å². The molecule has 5 heterocycles. The maximum atomic E-state index is 5.69. The summed E-state index contributed by atoms with van der Waals surface area (Å²) >= 11 is 0. The first-order chi connectivity index (χ1) is 14.7. The molecule has 0 radical (unpaired) electrons. The molecule has 2 aliphatic heterocycles. The van der Waals surface area contributed by atoms with Crippen LogP contribution in [0.4, 0.5) is 11.8 Å². The number of nitrogen functional groups attached to an aromatic ring is 1. The highest BCUT2D eigenvalue weighted by Gasteiger charge is 2.29. The van der Waals surface area contributed by atoms with Crippen LogP contribution in [0, 0.1) is 5.92 Å². The number of hydrogen-bond acceptors (Lipinski definition) is 8. The number of hydrogen-bond donors (Lipinski definition) is 1. The van der Waals surface area contributed by atoms with Gasteiger partial charge < -0.3 is 15.4 Å².